The maximum atomic E-state index is 11.9. The van der Waals surface area contributed by atoms with Crippen molar-refractivity contribution in [1.29, 1.82) is 0 Å². The summed E-state index contributed by atoms with van der Waals surface area (Å²) in [6.07, 6.45) is 0. The van der Waals surface area contributed by atoms with E-state index in [1.165, 1.54) is 0 Å². The van der Waals surface area contributed by atoms with Crippen molar-refractivity contribution < 1.29 is 4.79 Å². The van der Waals surface area contributed by atoms with Crippen LogP contribution in [0, 0.1) is 0 Å². The van der Waals surface area contributed by atoms with E-state index < -0.39 is 0 Å². The number of halogens is 2. The van der Waals surface area contributed by atoms with Gasteiger partial charge in [0, 0.05) is 13.1 Å². The van der Waals surface area contributed by atoms with E-state index in [2.05, 4.69) is 4.98 Å². The fourth-order valence-corrected chi connectivity index (χ4v) is 1.42. The van der Waals surface area contributed by atoms with Crippen molar-refractivity contribution in [2.24, 2.45) is 0 Å². The third-order valence-electron chi connectivity index (χ3n) is 2.14. The predicted molar refractivity (Wildman–Crippen MR) is 61.5 cm³/mol. The first-order chi connectivity index (χ1) is 6.93. The summed E-state index contributed by atoms with van der Waals surface area (Å²) in [5.41, 5.74) is 0.372. The SMILES string of the molecule is CC(C)N(C)C(=O)c1ccc(Cl)nc1Cl. The van der Waals surface area contributed by atoms with Gasteiger partial charge in [0.2, 0.25) is 0 Å². The Labute approximate surface area is 99.0 Å². The smallest absolute Gasteiger partial charge is 0.256 e. The van der Waals surface area contributed by atoms with Crippen molar-refractivity contribution in [3.8, 4) is 0 Å². The highest BCUT2D eigenvalue weighted by Crippen LogP contribution is 2.18. The van der Waals surface area contributed by atoms with E-state index in [1.54, 1.807) is 24.1 Å². The Morgan fingerprint density at radius 1 is 1.40 bits per heavy atom. The van der Waals surface area contributed by atoms with Crippen LogP contribution in [0.4, 0.5) is 0 Å². The summed E-state index contributed by atoms with van der Waals surface area (Å²) >= 11 is 11.5. The molecule has 5 heteroatoms. The molecule has 1 rings (SSSR count). The van der Waals surface area contributed by atoms with E-state index in [9.17, 15) is 4.79 Å². The molecule has 0 unspecified atom stereocenters. The van der Waals surface area contributed by atoms with Gasteiger partial charge in [0.1, 0.15) is 10.3 Å². The minimum absolute atomic E-state index is 0.115. The van der Waals surface area contributed by atoms with E-state index in [-0.39, 0.29) is 22.3 Å². The van der Waals surface area contributed by atoms with Crippen LogP contribution in [0.5, 0.6) is 0 Å². The van der Waals surface area contributed by atoms with Crippen LogP contribution in [0.2, 0.25) is 10.3 Å². The molecule has 0 aliphatic rings. The van der Waals surface area contributed by atoms with E-state index in [4.69, 9.17) is 23.2 Å². The molecule has 0 atom stereocenters. The largest absolute Gasteiger partial charge is 0.339 e. The Bertz CT molecular complexity index is 380. The molecular weight excluding hydrogens is 235 g/mol. The van der Waals surface area contributed by atoms with E-state index in [1.807, 2.05) is 13.8 Å². The summed E-state index contributed by atoms with van der Waals surface area (Å²) in [5, 5.41) is 0.420. The second-order valence-electron chi connectivity index (χ2n) is 3.48. The minimum Gasteiger partial charge on any atom is -0.339 e. The molecule has 82 valence electrons. The average molecular weight is 247 g/mol. The molecule has 0 saturated heterocycles. The Kier molecular flexibility index (Phi) is 3.94. The van der Waals surface area contributed by atoms with Crippen LogP contribution in [0.3, 0.4) is 0 Å². The van der Waals surface area contributed by atoms with Crippen LogP contribution in [-0.4, -0.2) is 28.9 Å². The van der Waals surface area contributed by atoms with E-state index in [0.29, 0.717) is 5.56 Å². The van der Waals surface area contributed by atoms with Crippen LogP contribution >= 0.6 is 23.2 Å². The zero-order valence-electron chi connectivity index (χ0n) is 8.79. The molecule has 0 aliphatic heterocycles. The van der Waals surface area contributed by atoms with Gasteiger partial charge < -0.3 is 4.90 Å². The number of hydrogen-bond donors (Lipinski definition) is 0. The number of carbonyl (C=O) groups is 1. The summed E-state index contributed by atoms with van der Waals surface area (Å²) in [6, 6.07) is 3.25. The first kappa shape index (κ1) is 12.3. The Morgan fingerprint density at radius 3 is 2.47 bits per heavy atom. The fourth-order valence-electron chi connectivity index (χ4n) is 0.996. The van der Waals surface area contributed by atoms with Crippen LogP contribution in [0.25, 0.3) is 0 Å². The summed E-state index contributed by atoms with van der Waals surface area (Å²) in [7, 11) is 1.72. The van der Waals surface area contributed by atoms with E-state index >= 15 is 0 Å². The Morgan fingerprint density at radius 2 is 2.00 bits per heavy atom. The quantitative estimate of drug-likeness (QED) is 0.753. The Hall–Kier alpha value is -0.800. The van der Waals surface area contributed by atoms with Crippen molar-refractivity contribution >= 4 is 29.1 Å². The van der Waals surface area contributed by atoms with Crippen molar-refractivity contribution in [2.75, 3.05) is 7.05 Å². The van der Waals surface area contributed by atoms with Gasteiger partial charge in [-0.05, 0) is 26.0 Å². The fraction of sp³-hybridized carbons (Fsp3) is 0.400. The predicted octanol–water partition coefficient (Wildman–Crippen LogP) is 2.87. The zero-order valence-corrected chi connectivity index (χ0v) is 10.3. The van der Waals surface area contributed by atoms with Gasteiger partial charge in [-0.1, -0.05) is 23.2 Å². The van der Waals surface area contributed by atoms with Gasteiger partial charge in [-0.3, -0.25) is 4.79 Å². The molecule has 1 heterocycles. The maximum Gasteiger partial charge on any atom is 0.256 e. The molecule has 1 amide bonds. The highest BCUT2D eigenvalue weighted by atomic mass is 35.5. The maximum absolute atomic E-state index is 11.9. The van der Waals surface area contributed by atoms with Crippen molar-refractivity contribution in [3.05, 3.63) is 28.0 Å². The summed E-state index contributed by atoms with van der Waals surface area (Å²) < 4.78 is 0. The van der Waals surface area contributed by atoms with Crippen LogP contribution in [0.1, 0.15) is 24.2 Å². The van der Waals surface area contributed by atoms with Crippen LogP contribution < -0.4 is 0 Å². The number of aromatic nitrogens is 1. The molecule has 0 aromatic carbocycles. The van der Waals surface area contributed by atoms with Crippen molar-refractivity contribution in [3.63, 3.8) is 0 Å². The number of hydrogen-bond acceptors (Lipinski definition) is 2. The van der Waals surface area contributed by atoms with E-state index in [0.717, 1.165) is 0 Å². The van der Waals surface area contributed by atoms with Gasteiger partial charge in [-0.25, -0.2) is 4.98 Å². The van der Waals surface area contributed by atoms with Gasteiger partial charge in [0.15, 0.2) is 0 Å². The van der Waals surface area contributed by atoms with Gasteiger partial charge in [0.05, 0.1) is 5.56 Å². The molecule has 0 bridgehead atoms. The number of amides is 1. The molecule has 15 heavy (non-hydrogen) atoms. The normalized spacial score (nSPS) is 10.5. The van der Waals surface area contributed by atoms with Crippen molar-refractivity contribution in [2.45, 2.75) is 19.9 Å². The number of carbonyl (C=O) groups excluding carboxylic acids is 1. The molecule has 0 aliphatic carbocycles. The second kappa shape index (κ2) is 4.81. The number of nitrogens with zero attached hydrogens (tertiary/aromatic N) is 2. The number of pyridine rings is 1. The molecule has 0 spiro atoms. The van der Waals surface area contributed by atoms with Gasteiger partial charge in [-0.2, -0.15) is 0 Å². The molecule has 3 nitrogen and oxygen atoms in total. The third-order valence-corrected chi connectivity index (χ3v) is 2.64. The minimum atomic E-state index is -0.154. The van der Waals surface area contributed by atoms with Crippen LogP contribution in [0.15, 0.2) is 12.1 Å². The summed E-state index contributed by atoms with van der Waals surface area (Å²) in [5.74, 6) is -0.154. The third kappa shape index (κ3) is 2.83. The van der Waals surface area contributed by atoms with Crippen molar-refractivity contribution in [1.82, 2.24) is 9.88 Å². The molecule has 0 N–H and O–H groups in total. The second-order valence-corrected chi connectivity index (χ2v) is 4.23. The molecule has 0 saturated carbocycles. The van der Waals surface area contributed by atoms with Gasteiger partial charge in [-0.15, -0.1) is 0 Å². The first-order valence-electron chi connectivity index (χ1n) is 4.52. The number of rotatable bonds is 2. The lowest BCUT2D eigenvalue weighted by atomic mass is 10.2. The zero-order chi connectivity index (χ0) is 11.6. The molecule has 1 aromatic heterocycles. The Balaban J connectivity index is 3.01. The van der Waals surface area contributed by atoms with Crippen LogP contribution in [-0.2, 0) is 0 Å². The van der Waals surface area contributed by atoms with Gasteiger partial charge >= 0.3 is 0 Å². The standard InChI is InChI=1S/C10H12Cl2N2O/c1-6(2)14(3)10(15)7-4-5-8(11)13-9(7)12/h4-6H,1-3H3. The lowest BCUT2D eigenvalue weighted by Gasteiger charge is -2.21. The highest BCUT2D eigenvalue weighted by molar-refractivity contribution is 6.34. The molecular formula is C10H12Cl2N2O. The summed E-state index contributed by atoms with van der Waals surface area (Å²) in [4.78, 5) is 17.3. The van der Waals surface area contributed by atoms with Gasteiger partial charge in [0.25, 0.3) is 5.91 Å². The first-order valence-corrected chi connectivity index (χ1v) is 5.28. The molecule has 0 fully saturated rings. The average Bonchev–Trinajstić information content (AvgIpc) is 2.15. The molecule has 0 radical (unpaired) electrons. The lowest BCUT2D eigenvalue weighted by Crippen LogP contribution is -2.33. The topological polar surface area (TPSA) is 33.2 Å². The monoisotopic (exact) mass is 246 g/mol. The molecule has 1 aromatic rings. The summed E-state index contributed by atoms with van der Waals surface area (Å²) in [6.45, 7) is 3.85. The lowest BCUT2D eigenvalue weighted by molar-refractivity contribution is 0.0754. The highest BCUT2D eigenvalue weighted by Gasteiger charge is 2.17.